The number of carbonyl (C=O) groups excluding carboxylic acids is 3. The second-order valence-corrected chi connectivity index (χ2v) is 4.68. The molecule has 1 fully saturated rings. The van der Waals surface area contributed by atoms with Gasteiger partial charge in [0.05, 0.1) is 7.11 Å². The maximum Gasteiger partial charge on any atom is 0.330 e. The first-order valence-electron chi connectivity index (χ1n) is 6.32. The Labute approximate surface area is 112 Å². The van der Waals surface area contributed by atoms with Gasteiger partial charge in [-0.2, -0.15) is 0 Å². The highest BCUT2D eigenvalue weighted by molar-refractivity contribution is 6.04. The lowest BCUT2D eigenvalue weighted by atomic mass is 9.84. The zero-order chi connectivity index (χ0) is 14.3. The van der Waals surface area contributed by atoms with Gasteiger partial charge in [-0.3, -0.25) is 9.59 Å². The van der Waals surface area contributed by atoms with Gasteiger partial charge in [-0.25, -0.2) is 4.79 Å². The molecule has 1 saturated heterocycles. The van der Waals surface area contributed by atoms with E-state index in [9.17, 15) is 14.4 Å². The Morgan fingerprint density at radius 2 is 2.21 bits per heavy atom. The minimum Gasteiger partial charge on any atom is -0.466 e. The van der Waals surface area contributed by atoms with Crippen LogP contribution in [0.5, 0.6) is 0 Å². The highest BCUT2D eigenvalue weighted by atomic mass is 16.5. The van der Waals surface area contributed by atoms with Crippen LogP contribution >= 0.6 is 0 Å². The van der Waals surface area contributed by atoms with E-state index in [1.807, 2.05) is 0 Å². The number of rotatable bonds is 4. The van der Waals surface area contributed by atoms with Crippen LogP contribution in [0.3, 0.4) is 0 Å². The lowest BCUT2D eigenvalue weighted by Gasteiger charge is -2.24. The van der Waals surface area contributed by atoms with Crippen LogP contribution in [0.25, 0.3) is 0 Å². The lowest BCUT2D eigenvalue weighted by Crippen LogP contribution is -2.48. The highest BCUT2D eigenvalue weighted by Crippen LogP contribution is 2.26. The van der Waals surface area contributed by atoms with Crippen molar-refractivity contribution in [2.45, 2.75) is 26.2 Å². The Hall–Kier alpha value is -1.85. The normalized spacial score (nSPS) is 23.6. The van der Waals surface area contributed by atoms with Crippen LogP contribution in [0.4, 0.5) is 0 Å². The summed E-state index contributed by atoms with van der Waals surface area (Å²) in [6.07, 6.45) is 4.97. The van der Waals surface area contributed by atoms with E-state index in [1.54, 1.807) is 6.92 Å². The van der Waals surface area contributed by atoms with Gasteiger partial charge < -0.3 is 15.4 Å². The van der Waals surface area contributed by atoms with E-state index in [-0.39, 0.29) is 18.4 Å². The van der Waals surface area contributed by atoms with Crippen molar-refractivity contribution in [3.63, 3.8) is 0 Å². The topological polar surface area (TPSA) is 84.5 Å². The van der Waals surface area contributed by atoms with Crippen molar-refractivity contribution >= 4 is 17.8 Å². The van der Waals surface area contributed by atoms with Gasteiger partial charge in [-0.15, -0.1) is 0 Å². The van der Waals surface area contributed by atoms with E-state index in [4.69, 9.17) is 0 Å². The van der Waals surface area contributed by atoms with Gasteiger partial charge in [0.2, 0.25) is 11.8 Å². The van der Waals surface area contributed by atoms with E-state index in [2.05, 4.69) is 15.4 Å². The number of amides is 2. The maximum atomic E-state index is 12.1. The van der Waals surface area contributed by atoms with Gasteiger partial charge in [0.15, 0.2) is 0 Å². The van der Waals surface area contributed by atoms with E-state index >= 15 is 0 Å². The summed E-state index contributed by atoms with van der Waals surface area (Å²) in [7, 11) is 1.28. The van der Waals surface area contributed by atoms with Gasteiger partial charge in [0.1, 0.15) is 5.41 Å². The van der Waals surface area contributed by atoms with Crippen LogP contribution in [0.2, 0.25) is 0 Å². The first-order valence-corrected chi connectivity index (χ1v) is 6.32. The average Bonchev–Trinajstić information content (AvgIpc) is 2.57. The largest absolute Gasteiger partial charge is 0.466 e. The molecular formula is C13H20N2O4. The zero-order valence-electron chi connectivity index (χ0n) is 11.3. The Kier molecular flexibility index (Phi) is 5.54. The van der Waals surface area contributed by atoms with E-state index in [1.165, 1.54) is 19.3 Å². The summed E-state index contributed by atoms with van der Waals surface area (Å²) < 4.78 is 4.42. The van der Waals surface area contributed by atoms with Crippen molar-refractivity contribution < 1.29 is 19.1 Å². The molecule has 1 aliphatic heterocycles. The molecule has 1 unspecified atom stereocenters. The maximum absolute atomic E-state index is 12.1. The van der Waals surface area contributed by atoms with Gasteiger partial charge in [-0.05, 0) is 19.8 Å². The molecule has 0 aromatic heterocycles. The molecule has 0 aliphatic carbocycles. The van der Waals surface area contributed by atoms with Gasteiger partial charge in [0, 0.05) is 19.2 Å². The smallest absolute Gasteiger partial charge is 0.330 e. The van der Waals surface area contributed by atoms with Crippen LogP contribution in [0, 0.1) is 5.41 Å². The molecular weight excluding hydrogens is 248 g/mol. The molecule has 6 heteroatoms. The molecule has 0 bridgehead atoms. The van der Waals surface area contributed by atoms with Crippen molar-refractivity contribution in [2.24, 2.45) is 5.41 Å². The van der Waals surface area contributed by atoms with Crippen molar-refractivity contribution in [1.29, 1.82) is 0 Å². The minimum atomic E-state index is -1.03. The second-order valence-electron chi connectivity index (χ2n) is 4.68. The number of hydrogen-bond acceptors (Lipinski definition) is 4. The fourth-order valence-electron chi connectivity index (χ4n) is 1.90. The first kappa shape index (κ1) is 15.2. The molecule has 0 spiro atoms. The summed E-state index contributed by atoms with van der Waals surface area (Å²) in [5, 5.41) is 5.38. The highest BCUT2D eigenvalue weighted by Gasteiger charge is 2.41. The second kappa shape index (κ2) is 6.92. The fourth-order valence-corrected chi connectivity index (χ4v) is 1.90. The molecule has 0 saturated carbocycles. The van der Waals surface area contributed by atoms with Crippen LogP contribution in [-0.2, 0) is 19.1 Å². The minimum absolute atomic E-state index is 0.191. The van der Waals surface area contributed by atoms with Crippen LogP contribution < -0.4 is 10.6 Å². The van der Waals surface area contributed by atoms with Crippen LogP contribution in [-0.4, -0.2) is 38.0 Å². The molecule has 1 heterocycles. The van der Waals surface area contributed by atoms with Crippen molar-refractivity contribution in [3.8, 4) is 0 Å². The molecule has 0 aromatic carbocycles. The molecule has 1 aliphatic rings. The predicted octanol–water partition coefficient (Wildman–Crippen LogP) is 0.138. The Morgan fingerprint density at radius 1 is 1.47 bits per heavy atom. The van der Waals surface area contributed by atoms with Crippen LogP contribution in [0.1, 0.15) is 26.2 Å². The summed E-state index contributed by atoms with van der Waals surface area (Å²) >= 11 is 0. The van der Waals surface area contributed by atoms with Gasteiger partial charge in [-0.1, -0.05) is 12.5 Å². The molecule has 6 nitrogen and oxygen atoms in total. The summed E-state index contributed by atoms with van der Waals surface area (Å²) in [6, 6.07) is 0. The molecule has 0 radical (unpaired) electrons. The molecule has 1 atom stereocenters. The lowest BCUT2D eigenvalue weighted by molar-refractivity contribution is -0.142. The molecule has 1 rings (SSSR count). The summed E-state index contributed by atoms with van der Waals surface area (Å²) in [6.45, 7) is 2.45. The average molecular weight is 268 g/mol. The summed E-state index contributed by atoms with van der Waals surface area (Å²) in [5.74, 6) is -1.03. The summed E-state index contributed by atoms with van der Waals surface area (Å²) in [4.78, 5) is 34.8. The summed E-state index contributed by atoms with van der Waals surface area (Å²) in [5.41, 5.74) is -1.03. The number of methoxy groups -OCH3 is 1. The van der Waals surface area contributed by atoms with E-state index < -0.39 is 11.4 Å². The SMILES string of the molecule is COC(=O)/C=C/CNC(=O)C1(C)CCCCNC1=O. The standard InChI is InChI=1S/C13H20N2O4/c1-13(7-3-4-8-14-11(13)17)12(18)15-9-5-6-10(16)19-2/h5-6H,3-4,7-9H2,1-2H3,(H,14,17)(H,15,18)/b6-5+. The molecule has 2 N–H and O–H groups in total. The zero-order valence-corrected chi connectivity index (χ0v) is 11.3. The number of ether oxygens (including phenoxy) is 1. The Morgan fingerprint density at radius 3 is 2.89 bits per heavy atom. The Bertz CT molecular complexity index is 392. The van der Waals surface area contributed by atoms with Crippen LogP contribution in [0.15, 0.2) is 12.2 Å². The Balaban J connectivity index is 2.53. The quantitative estimate of drug-likeness (QED) is 0.431. The third kappa shape index (κ3) is 4.08. The third-order valence-electron chi connectivity index (χ3n) is 3.23. The van der Waals surface area contributed by atoms with Crippen molar-refractivity contribution in [3.05, 3.63) is 12.2 Å². The van der Waals surface area contributed by atoms with Gasteiger partial charge in [0.25, 0.3) is 0 Å². The number of nitrogens with one attached hydrogen (secondary N) is 2. The molecule has 2 amide bonds. The first-order chi connectivity index (χ1) is 9.00. The number of esters is 1. The van der Waals surface area contributed by atoms with E-state index in [0.717, 1.165) is 12.8 Å². The number of carbonyl (C=O) groups is 3. The van der Waals surface area contributed by atoms with E-state index in [0.29, 0.717) is 13.0 Å². The molecule has 0 aromatic rings. The number of hydrogen-bond donors (Lipinski definition) is 2. The monoisotopic (exact) mass is 268 g/mol. The molecule has 19 heavy (non-hydrogen) atoms. The fraction of sp³-hybridized carbons (Fsp3) is 0.615. The van der Waals surface area contributed by atoms with Crippen molar-refractivity contribution in [2.75, 3.05) is 20.2 Å². The predicted molar refractivity (Wildman–Crippen MR) is 69.1 cm³/mol. The van der Waals surface area contributed by atoms with Crippen molar-refractivity contribution in [1.82, 2.24) is 10.6 Å². The molecule has 106 valence electrons. The third-order valence-corrected chi connectivity index (χ3v) is 3.23. The van der Waals surface area contributed by atoms with Gasteiger partial charge >= 0.3 is 5.97 Å².